The third kappa shape index (κ3) is 7.40. The molecule has 2 rings (SSSR count). The molecule has 1 saturated heterocycles. The summed E-state index contributed by atoms with van der Waals surface area (Å²) in [6, 6.07) is 5.91. The maximum absolute atomic E-state index is 11.7. The fourth-order valence-electron chi connectivity index (χ4n) is 2.93. The summed E-state index contributed by atoms with van der Waals surface area (Å²) in [6.45, 7) is 3.33. The zero-order chi connectivity index (χ0) is 23.1. The first-order valence-electron chi connectivity index (χ1n) is 9.20. The van der Waals surface area contributed by atoms with Crippen molar-refractivity contribution in [2.75, 3.05) is 6.61 Å². The molecule has 1 aliphatic heterocycles. The summed E-state index contributed by atoms with van der Waals surface area (Å²) in [5.74, 6) is -1.80. The van der Waals surface area contributed by atoms with Gasteiger partial charge in [0.25, 0.3) is 5.69 Å². The van der Waals surface area contributed by atoms with Gasteiger partial charge in [-0.15, -0.1) is 0 Å². The Hall–Kier alpha value is -2.32. The molecule has 1 aliphatic rings. The van der Waals surface area contributed by atoms with Gasteiger partial charge in [-0.2, -0.15) is 0 Å². The highest BCUT2D eigenvalue weighted by atomic mass is 127. The van der Waals surface area contributed by atoms with Crippen LogP contribution in [0.2, 0.25) is 0 Å². The number of ether oxygens (including phenoxy) is 5. The summed E-state index contributed by atoms with van der Waals surface area (Å²) in [4.78, 5) is 45.0. The van der Waals surface area contributed by atoms with E-state index in [1.54, 1.807) is 6.07 Å². The van der Waals surface area contributed by atoms with Gasteiger partial charge in [-0.25, -0.2) is 0 Å². The van der Waals surface area contributed by atoms with E-state index in [9.17, 15) is 24.5 Å². The van der Waals surface area contributed by atoms with Crippen LogP contribution in [0.5, 0.6) is 0 Å². The van der Waals surface area contributed by atoms with E-state index >= 15 is 0 Å². The van der Waals surface area contributed by atoms with Crippen LogP contribution in [-0.2, 0) is 44.7 Å². The molecule has 11 nitrogen and oxygen atoms in total. The third-order valence-electron chi connectivity index (χ3n) is 4.16. The van der Waals surface area contributed by atoms with Gasteiger partial charge in [-0.1, -0.05) is 34.7 Å². The molecule has 0 aliphatic carbocycles. The smallest absolute Gasteiger partial charge is 0.303 e. The van der Waals surface area contributed by atoms with Gasteiger partial charge in [0, 0.05) is 32.9 Å². The first kappa shape index (κ1) is 24.9. The number of alkyl halides is 1. The van der Waals surface area contributed by atoms with Crippen molar-refractivity contribution in [3.8, 4) is 0 Å². The van der Waals surface area contributed by atoms with Crippen molar-refractivity contribution in [3.05, 3.63) is 39.9 Å². The van der Waals surface area contributed by atoms with E-state index in [1.165, 1.54) is 39.0 Å². The minimum absolute atomic E-state index is 0.0306. The molecule has 0 bridgehead atoms. The molecule has 0 amide bonds. The number of nitro groups is 1. The molecule has 1 fully saturated rings. The van der Waals surface area contributed by atoms with E-state index in [-0.39, 0.29) is 18.9 Å². The normalized spacial score (nSPS) is 25.4. The van der Waals surface area contributed by atoms with Crippen LogP contribution in [0, 0.1) is 10.1 Å². The van der Waals surface area contributed by atoms with Gasteiger partial charge in [0.2, 0.25) is 0 Å². The van der Waals surface area contributed by atoms with Crippen LogP contribution in [0.3, 0.4) is 0 Å². The second kappa shape index (κ2) is 11.3. The Morgan fingerprint density at radius 2 is 1.74 bits per heavy atom. The van der Waals surface area contributed by atoms with Crippen LogP contribution in [0.15, 0.2) is 24.3 Å². The van der Waals surface area contributed by atoms with Gasteiger partial charge in [0.1, 0.15) is 16.6 Å². The van der Waals surface area contributed by atoms with Gasteiger partial charge in [0.05, 0.1) is 11.5 Å². The predicted molar refractivity (Wildman–Crippen MR) is 112 cm³/mol. The van der Waals surface area contributed by atoms with Crippen molar-refractivity contribution < 1.29 is 43.0 Å². The minimum Gasteiger partial charge on any atom is -0.463 e. The molecule has 1 heterocycles. The quantitative estimate of drug-likeness (QED) is 0.118. The van der Waals surface area contributed by atoms with Crippen molar-refractivity contribution in [2.24, 2.45) is 0 Å². The molecule has 0 saturated carbocycles. The number of esters is 3. The molecule has 0 spiro atoms. The van der Waals surface area contributed by atoms with E-state index in [4.69, 9.17) is 23.7 Å². The second-order valence-corrected chi connectivity index (χ2v) is 8.11. The van der Waals surface area contributed by atoms with Gasteiger partial charge in [-0.05, 0) is 5.56 Å². The molecule has 0 aromatic heterocycles. The van der Waals surface area contributed by atoms with E-state index in [2.05, 4.69) is 0 Å². The van der Waals surface area contributed by atoms with Crippen LogP contribution in [0.1, 0.15) is 26.3 Å². The van der Waals surface area contributed by atoms with E-state index in [1.807, 2.05) is 22.6 Å². The number of carbonyl (C=O) groups is 3. The summed E-state index contributed by atoms with van der Waals surface area (Å²) in [7, 11) is 0. The summed E-state index contributed by atoms with van der Waals surface area (Å²) in [6.07, 6.45) is -3.87. The molecule has 12 heteroatoms. The summed E-state index contributed by atoms with van der Waals surface area (Å²) >= 11 is 1.95. The van der Waals surface area contributed by atoms with Crippen molar-refractivity contribution in [1.29, 1.82) is 0 Å². The van der Waals surface area contributed by atoms with Gasteiger partial charge >= 0.3 is 17.9 Å². The number of nitro benzene ring substituents is 1. The van der Waals surface area contributed by atoms with Crippen molar-refractivity contribution in [2.45, 2.75) is 55.9 Å². The number of non-ortho nitro benzene ring substituents is 1. The minimum atomic E-state index is -1.03. The Kier molecular flexibility index (Phi) is 9.13. The van der Waals surface area contributed by atoms with Crippen molar-refractivity contribution >= 4 is 46.2 Å². The van der Waals surface area contributed by atoms with E-state index in [0.29, 0.717) is 5.56 Å². The molecule has 0 radical (unpaired) electrons. The highest BCUT2D eigenvalue weighted by Crippen LogP contribution is 2.33. The Bertz CT molecular complexity index is 832. The number of carbonyl (C=O) groups excluding carboxylic acids is 3. The summed E-state index contributed by atoms with van der Waals surface area (Å²) < 4.78 is 26.7. The molecule has 31 heavy (non-hydrogen) atoms. The van der Waals surface area contributed by atoms with Gasteiger partial charge in [-0.3, -0.25) is 24.5 Å². The lowest BCUT2D eigenvalue weighted by Gasteiger charge is -2.42. The van der Waals surface area contributed by atoms with Gasteiger partial charge < -0.3 is 23.7 Å². The highest BCUT2D eigenvalue weighted by molar-refractivity contribution is 14.1. The van der Waals surface area contributed by atoms with Crippen LogP contribution in [0.25, 0.3) is 0 Å². The fourth-order valence-corrected chi connectivity index (χ4v) is 3.87. The Labute approximate surface area is 191 Å². The van der Waals surface area contributed by atoms with Crippen LogP contribution in [-0.4, -0.2) is 58.0 Å². The van der Waals surface area contributed by atoms with Crippen LogP contribution >= 0.6 is 22.6 Å². The number of halogens is 1. The molecule has 0 N–H and O–H groups in total. The lowest BCUT2D eigenvalue weighted by Crippen LogP contribution is -2.59. The fraction of sp³-hybridized carbons (Fsp3) is 0.526. The third-order valence-corrected chi connectivity index (χ3v) is 5.46. The Balaban J connectivity index is 2.22. The number of rotatable bonds is 8. The maximum Gasteiger partial charge on any atom is 0.303 e. The molecule has 170 valence electrons. The molecule has 5 atom stereocenters. The first-order chi connectivity index (χ1) is 14.6. The zero-order valence-electron chi connectivity index (χ0n) is 17.0. The van der Waals surface area contributed by atoms with Crippen LogP contribution < -0.4 is 0 Å². The molecular weight excluding hydrogens is 529 g/mol. The Morgan fingerprint density at radius 1 is 1.10 bits per heavy atom. The standard InChI is InChI=1S/C19H22INO10/c1-10(22)27-9-15-17(29-11(2)23)18(30-12(3)24)16(20)19(31-15)28-8-13-5-4-6-14(7-13)21(25)26/h4-7,15-19H,8-9H2,1-3H3/t15-,16+,17-,18-,19+/m1/s1. The average Bonchev–Trinajstić information content (AvgIpc) is 2.68. The van der Waals surface area contributed by atoms with E-state index in [0.717, 1.165) is 0 Å². The molecular formula is C19H22INO10. The van der Waals surface area contributed by atoms with E-state index < -0.39 is 51.4 Å². The first-order valence-corrected chi connectivity index (χ1v) is 10.4. The van der Waals surface area contributed by atoms with Crippen molar-refractivity contribution in [1.82, 2.24) is 0 Å². The number of hydrogen-bond donors (Lipinski definition) is 0. The average molecular weight is 551 g/mol. The monoisotopic (exact) mass is 551 g/mol. The predicted octanol–water partition coefficient (Wildman–Crippen LogP) is 2.07. The maximum atomic E-state index is 11.7. The molecule has 1 aromatic rings. The number of benzene rings is 1. The second-order valence-electron chi connectivity index (χ2n) is 6.68. The zero-order valence-corrected chi connectivity index (χ0v) is 19.2. The summed E-state index contributed by atoms with van der Waals surface area (Å²) in [5.41, 5.74) is 0.446. The lowest BCUT2D eigenvalue weighted by atomic mass is 10.0. The largest absolute Gasteiger partial charge is 0.463 e. The van der Waals surface area contributed by atoms with Crippen LogP contribution in [0.4, 0.5) is 5.69 Å². The summed E-state index contributed by atoms with van der Waals surface area (Å²) in [5, 5.41) is 11.0. The highest BCUT2D eigenvalue weighted by Gasteiger charge is 2.49. The number of nitrogens with zero attached hydrogens (tertiary/aromatic N) is 1. The SMILES string of the molecule is CC(=O)OC[C@H]1O[C@H](OCc2cccc([N+](=O)[O-])c2)[C@@H](I)[C@@H](OC(C)=O)[C@@H]1OC(C)=O. The Morgan fingerprint density at radius 3 is 2.32 bits per heavy atom. The lowest BCUT2D eigenvalue weighted by molar-refractivity contribution is -0.385. The molecule has 0 unspecified atom stereocenters. The number of hydrogen-bond acceptors (Lipinski definition) is 10. The topological polar surface area (TPSA) is 141 Å². The van der Waals surface area contributed by atoms with Gasteiger partial charge in [0.15, 0.2) is 18.5 Å². The molecule has 1 aromatic carbocycles. The van der Waals surface area contributed by atoms with Crippen molar-refractivity contribution in [3.63, 3.8) is 0 Å².